The van der Waals surface area contributed by atoms with Crippen LogP contribution in [0.1, 0.15) is 361 Å². The number of hydrogen-bond donors (Lipinski definition) is 3. The van der Waals surface area contributed by atoms with Crippen LogP contribution in [0, 0.1) is 0 Å². The molecule has 3 unspecified atom stereocenters. The van der Waals surface area contributed by atoms with Crippen molar-refractivity contribution in [3.8, 4) is 0 Å². The molecule has 0 aliphatic rings. The van der Waals surface area contributed by atoms with Gasteiger partial charge in [-0.25, -0.2) is 4.57 Å². The highest BCUT2D eigenvalue weighted by Gasteiger charge is 2.28. The van der Waals surface area contributed by atoms with E-state index in [4.69, 9.17) is 9.05 Å². The standard InChI is InChI=1S/C69H137N2O6P/c1-6-8-10-12-14-16-18-20-22-24-26-28-29-30-31-32-33-34-35-36-37-38-39-40-41-43-45-47-49-51-53-55-57-59-61-63-69(73)70-67(66-77-78(74,75)76-65-64-71(3,4)5)68(72)62-60-58-56-54-52-50-48-46-44-42-27-25-23-21-19-17-15-13-11-9-7-2/h29-30,32-33,67-68,72H,6-28,31,34-66H2,1-5H3,(H-,70,73,74,75)/p+1/b30-29-,33-32-. The van der Waals surface area contributed by atoms with Gasteiger partial charge in [0, 0.05) is 6.42 Å². The second kappa shape index (κ2) is 60.6. The topological polar surface area (TPSA) is 105 Å². The second-order valence-corrected chi connectivity index (χ2v) is 26.7. The maximum atomic E-state index is 13.1. The Morgan fingerprint density at radius 3 is 1.05 bits per heavy atom. The van der Waals surface area contributed by atoms with E-state index in [1.165, 1.54) is 289 Å². The molecular formula is C69H138N2O6P+. The van der Waals surface area contributed by atoms with Crippen LogP contribution in [0.15, 0.2) is 24.3 Å². The molecule has 464 valence electrons. The van der Waals surface area contributed by atoms with Crippen molar-refractivity contribution < 1.29 is 32.9 Å². The molecule has 0 saturated heterocycles. The van der Waals surface area contributed by atoms with E-state index >= 15 is 0 Å². The highest BCUT2D eigenvalue weighted by molar-refractivity contribution is 7.47. The quantitative estimate of drug-likeness (QED) is 0.0243. The van der Waals surface area contributed by atoms with Crippen LogP contribution in [-0.4, -0.2) is 73.4 Å². The van der Waals surface area contributed by atoms with Crippen molar-refractivity contribution in [2.24, 2.45) is 0 Å². The number of phosphoric acid groups is 1. The van der Waals surface area contributed by atoms with Crippen LogP contribution >= 0.6 is 7.82 Å². The van der Waals surface area contributed by atoms with E-state index in [-0.39, 0.29) is 19.1 Å². The van der Waals surface area contributed by atoms with E-state index in [1.54, 1.807) is 0 Å². The number of likely N-dealkylation sites (N-methyl/N-ethyl adjacent to an activating group) is 1. The molecule has 0 aliphatic heterocycles. The van der Waals surface area contributed by atoms with Crippen LogP contribution in [0.5, 0.6) is 0 Å². The molecule has 0 bridgehead atoms. The third-order valence-electron chi connectivity index (χ3n) is 16.2. The number of carbonyl (C=O) groups excluding carboxylic acids is 1. The summed E-state index contributed by atoms with van der Waals surface area (Å²) in [6.07, 6.45) is 78.5. The lowest BCUT2D eigenvalue weighted by Crippen LogP contribution is -2.46. The van der Waals surface area contributed by atoms with Gasteiger partial charge in [0.2, 0.25) is 5.91 Å². The molecule has 3 N–H and O–H groups in total. The number of phosphoric ester groups is 1. The van der Waals surface area contributed by atoms with Crippen molar-refractivity contribution >= 4 is 13.7 Å². The number of quaternary nitrogens is 1. The van der Waals surface area contributed by atoms with E-state index in [0.29, 0.717) is 23.9 Å². The van der Waals surface area contributed by atoms with Crippen molar-refractivity contribution in [1.29, 1.82) is 0 Å². The molecule has 0 saturated carbocycles. The molecule has 1 amide bonds. The molecule has 0 aromatic heterocycles. The predicted molar refractivity (Wildman–Crippen MR) is 342 cm³/mol. The number of unbranched alkanes of at least 4 members (excludes halogenated alkanes) is 48. The smallest absolute Gasteiger partial charge is 0.391 e. The fraction of sp³-hybridized carbons (Fsp3) is 0.928. The van der Waals surface area contributed by atoms with Gasteiger partial charge in [-0.15, -0.1) is 0 Å². The number of amides is 1. The lowest BCUT2D eigenvalue weighted by molar-refractivity contribution is -0.870. The second-order valence-electron chi connectivity index (χ2n) is 25.3. The van der Waals surface area contributed by atoms with Gasteiger partial charge < -0.3 is 19.8 Å². The minimum atomic E-state index is -4.33. The molecule has 8 nitrogen and oxygen atoms in total. The maximum Gasteiger partial charge on any atom is 0.472 e. The van der Waals surface area contributed by atoms with Gasteiger partial charge in [0.05, 0.1) is 39.9 Å². The van der Waals surface area contributed by atoms with Crippen molar-refractivity contribution in [3.63, 3.8) is 0 Å². The molecule has 0 radical (unpaired) electrons. The van der Waals surface area contributed by atoms with Crippen LogP contribution < -0.4 is 5.32 Å². The van der Waals surface area contributed by atoms with Gasteiger partial charge in [0.25, 0.3) is 0 Å². The first-order valence-electron chi connectivity index (χ1n) is 34.7. The first kappa shape index (κ1) is 77.0. The molecule has 0 aromatic carbocycles. The zero-order valence-electron chi connectivity index (χ0n) is 53.2. The highest BCUT2D eigenvalue weighted by Crippen LogP contribution is 2.43. The molecule has 0 fully saturated rings. The van der Waals surface area contributed by atoms with Gasteiger partial charge in [-0.2, -0.15) is 0 Å². The largest absolute Gasteiger partial charge is 0.472 e. The SMILES string of the molecule is CCCCCCCCCCCCC/C=C\C/C=C\CCCCCCCCCCCCCCCCCCCC(=O)NC(COP(=O)(O)OCC[N+](C)(C)C)C(O)CCCCCCCCCCCCCCCCCCCCCCC. The first-order valence-corrected chi connectivity index (χ1v) is 36.2. The average Bonchev–Trinajstić information content (AvgIpc) is 3.41. The van der Waals surface area contributed by atoms with Crippen LogP contribution in [0.4, 0.5) is 0 Å². The zero-order valence-corrected chi connectivity index (χ0v) is 54.1. The Balaban J connectivity index is 3.97. The van der Waals surface area contributed by atoms with Crippen LogP contribution in [0.25, 0.3) is 0 Å². The normalized spacial score (nSPS) is 13.8. The molecule has 0 aromatic rings. The van der Waals surface area contributed by atoms with Crippen LogP contribution in [0.3, 0.4) is 0 Å². The van der Waals surface area contributed by atoms with Gasteiger partial charge in [-0.3, -0.25) is 13.8 Å². The summed E-state index contributed by atoms with van der Waals surface area (Å²) < 4.78 is 23.9. The predicted octanol–water partition coefficient (Wildman–Crippen LogP) is 21.9. The van der Waals surface area contributed by atoms with E-state index in [9.17, 15) is 19.4 Å². The van der Waals surface area contributed by atoms with Crippen molar-refractivity contribution in [3.05, 3.63) is 24.3 Å². The third-order valence-corrected chi connectivity index (χ3v) is 17.2. The number of allylic oxidation sites excluding steroid dienone is 4. The van der Waals surface area contributed by atoms with Crippen molar-refractivity contribution in [2.75, 3.05) is 40.9 Å². The fourth-order valence-electron chi connectivity index (χ4n) is 10.8. The number of aliphatic hydroxyl groups is 1. The molecular weight excluding hydrogens is 984 g/mol. The van der Waals surface area contributed by atoms with Gasteiger partial charge >= 0.3 is 7.82 Å². The lowest BCUT2D eigenvalue weighted by atomic mass is 10.0. The summed E-state index contributed by atoms with van der Waals surface area (Å²) in [7, 11) is 1.63. The molecule has 0 aliphatic carbocycles. The summed E-state index contributed by atoms with van der Waals surface area (Å²) in [5, 5.41) is 14.1. The van der Waals surface area contributed by atoms with Crippen LogP contribution in [-0.2, 0) is 18.4 Å². The Labute approximate surface area is 487 Å². The van der Waals surface area contributed by atoms with E-state index in [0.717, 1.165) is 44.9 Å². The Kier molecular flexibility index (Phi) is 59.8. The Morgan fingerprint density at radius 1 is 0.436 bits per heavy atom. The molecule has 3 atom stereocenters. The van der Waals surface area contributed by atoms with Gasteiger partial charge in [-0.05, 0) is 44.9 Å². The highest BCUT2D eigenvalue weighted by atomic mass is 31.2. The average molecular weight is 1120 g/mol. The summed E-state index contributed by atoms with van der Waals surface area (Å²) in [6, 6.07) is -0.760. The van der Waals surface area contributed by atoms with Crippen molar-refractivity contribution in [1.82, 2.24) is 5.32 Å². The first-order chi connectivity index (χ1) is 38.0. The van der Waals surface area contributed by atoms with E-state index in [1.807, 2.05) is 21.1 Å². The molecule has 9 heteroatoms. The van der Waals surface area contributed by atoms with E-state index in [2.05, 4.69) is 43.5 Å². The molecule has 0 spiro atoms. The minimum absolute atomic E-state index is 0.0772. The number of carbonyl (C=O) groups is 1. The monoisotopic (exact) mass is 1120 g/mol. The number of hydrogen-bond acceptors (Lipinski definition) is 5. The van der Waals surface area contributed by atoms with Crippen LogP contribution in [0.2, 0.25) is 0 Å². The number of nitrogens with zero attached hydrogens (tertiary/aromatic N) is 1. The van der Waals surface area contributed by atoms with Crippen molar-refractivity contribution in [2.45, 2.75) is 373 Å². The van der Waals surface area contributed by atoms with Gasteiger partial charge in [0.1, 0.15) is 13.2 Å². The minimum Gasteiger partial charge on any atom is -0.391 e. The number of nitrogens with one attached hydrogen (secondary N) is 1. The number of aliphatic hydroxyl groups excluding tert-OH is 1. The fourth-order valence-corrected chi connectivity index (χ4v) is 11.5. The van der Waals surface area contributed by atoms with Gasteiger partial charge in [0.15, 0.2) is 0 Å². The summed E-state index contributed by atoms with van der Waals surface area (Å²) >= 11 is 0. The zero-order chi connectivity index (χ0) is 57.0. The third kappa shape index (κ3) is 62.6. The molecule has 0 rings (SSSR count). The summed E-state index contributed by atoms with van der Waals surface area (Å²) in [6.45, 7) is 4.95. The van der Waals surface area contributed by atoms with Gasteiger partial charge in [-0.1, -0.05) is 334 Å². The Morgan fingerprint density at radius 2 is 0.731 bits per heavy atom. The molecule has 0 heterocycles. The lowest BCUT2D eigenvalue weighted by Gasteiger charge is -2.26. The Hall–Kier alpha value is -1.02. The summed E-state index contributed by atoms with van der Waals surface area (Å²) in [5.74, 6) is -0.137. The Bertz CT molecular complexity index is 1320. The van der Waals surface area contributed by atoms with E-state index < -0.39 is 20.0 Å². The maximum absolute atomic E-state index is 13.1. The summed E-state index contributed by atoms with van der Waals surface area (Å²) in [4.78, 5) is 23.4. The molecule has 78 heavy (non-hydrogen) atoms. The summed E-state index contributed by atoms with van der Waals surface area (Å²) in [5.41, 5.74) is 0. The number of rotatable bonds is 65.